The highest BCUT2D eigenvalue weighted by Gasteiger charge is 2.32. The maximum Gasteiger partial charge on any atom is 0.243 e. The van der Waals surface area contributed by atoms with Crippen LogP contribution in [0.5, 0.6) is 0 Å². The van der Waals surface area contributed by atoms with Gasteiger partial charge in [-0.05, 0) is 44.4 Å². The van der Waals surface area contributed by atoms with Crippen LogP contribution in [0, 0.1) is 5.82 Å². The van der Waals surface area contributed by atoms with Gasteiger partial charge in [0.1, 0.15) is 10.7 Å². The highest BCUT2D eigenvalue weighted by atomic mass is 32.2. The highest BCUT2D eigenvalue weighted by molar-refractivity contribution is 7.89. The summed E-state index contributed by atoms with van der Waals surface area (Å²) < 4.78 is 46.7. The molecule has 0 saturated carbocycles. The smallest absolute Gasteiger partial charge is 0.243 e. The van der Waals surface area contributed by atoms with Gasteiger partial charge in [0.2, 0.25) is 10.0 Å². The number of benzene rings is 1. The molecular weight excluding hydrogens is 295 g/mol. The number of halogens is 1. The molecule has 1 saturated heterocycles. The molecule has 1 heterocycles. The molecule has 1 unspecified atom stereocenters. The Morgan fingerprint density at radius 2 is 2.19 bits per heavy atom. The Kier molecular flexibility index (Phi) is 4.67. The molecule has 118 valence electrons. The van der Waals surface area contributed by atoms with Crippen LogP contribution < -0.4 is 10.5 Å². The van der Waals surface area contributed by atoms with Gasteiger partial charge in [-0.2, -0.15) is 0 Å². The van der Waals surface area contributed by atoms with Crippen LogP contribution in [0.4, 0.5) is 4.39 Å². The van der Waals surface area contributed by atoms with Gasteiger partial charge in [0.25, 0.3) is 0 Å². The maximum atomic E-state index is 13.8. The average Bonchev–Trinajstić information content (AvgIpc) is 2.37. The first-order valence-corrected chi connectivity index (χ1v) is 8.37. The van der Waals surface area contributed by atoms with E-state index in [-0.39, 0.29) is 23.1 Å². The SMILES string of the molecule is CC1(C)CC(NS(=O)(=O)c2cc(CN)ccc2F)CCO1. The Morgan fingerprint density at radius 1 is 1.48 bits per heavy atom. The van der Waals surface area contributed by atoms with Gasteiger partial charge in [0.05, 0.1) is 5.60 Å². The fourth-order valence-electron chi connectivity index (χ4n) is 2.50. The Bertz CT molecular complexity index is 617. The number of nitrogens with one attached hydrogen (secondary N) is 1. The van der Waals surface area contributed by atoms with Crippen LogP contribution in [-0.4, -0.2) is 26.7 Å². The molecule has 7 heteroatoms. The number of nitrogens with two attached hydrogens (primary N) is 1. The predicted octanol–water partition coefficient (Wildman–Crippen LogP) is 1.52. The van der Waals surface area contributed by atoms with Gasteiger partial charge >= 0.3 is 0 Å². The van der Waals surface area contributed by atoms with Crippen LogP contribution in [0.3, 0.4) is 0 Å². The van der Waals surface area contributed by atoms with Gasteiger partial charge in [0.15, 0.2) is 0 Å². The number of hydrogen-bond donors (Lipinski definition) is 2. The number of ether oxygens (including phenoxy) is 1. The minimum Gasteiger partial charge on any atom is -0.375 e. The van der Waals surface area contributed by atoms with Gasteiger partial charge in [-0.1, -0.05) is 6.07 Å². The average molecular weight is 316 g/mol. The summed E-state index contributed by atoms with van der Waals surface area (Å²) in [5, 5.41) is 0. The molecule has 1 aliphatic rings. The fourth-order valence-corrected chi connectivity index (χ4v) is 3.89. The summed E-state index contributed by atoms with van der Waals surface area (Å²) in [6.45, 7) is 4.45. The minimum atomic E-state index is -3.91. The van der Waals surface area contributed by atoms with Crippen molar-refractivity contribution in [2.45, 2.75) is 49.8 Å². The summed E-state index contributed by atoms with van der Waals surface area (Å²) in [6.07, 6.45) is 1.12. The summed E-state index contributed by atoms with van der Waals surface area (Å²) in [7, 11) is -3.91. The van der Waals surface area contributed by atoms with E-state index in [0.717, 1.165) is 6.07 Å². The predicted molar refractivity (Wildman–Crippen MR) is 77.7 cm³/mol. The monoisotopic (exact) mass is 316 g/mol. The number of rotatable bonds is 4. The number of hydrogen-bond acceptors (Lipinski definition) is 4. The Hall–Kier alpha value is -1.02. The third kappa shape index (κ3) is 4.00. The summed E-state index contributed by atoms with van der Waals surface area (Å²) >= 11 is 0. The lowest BCUT2D eigenvalue weighted by atomic mass is 9.95. The first kappa shape index (κ1) is 16.4. The van der Waals surface area contributed by atoms with Crippen molar-refractivity contribution in [2.24, 2.45) is 5.73 Å². The van der Waals surface area contributed by atoms with Crippen LogP contribution in [0.15, 0.2) is 23.1 Å². The van der Waals surface area contributed by atoms with E-state index in [1.54, 1.807) is 0 Å². The van der Waals surface area contributed by atoms with Crippen molar-refractivity contribution in [1.82, 2.24) is 4.72 Å². The second-order valence-electron chi connectivity index (χ2n) is 5.89. The zero-order valence-electron chi connectivity index (χ0n) is 12.2. The molecular formula is C14H21FN2O3S. The van der Waals surface area contributed by atoms with Gasteiger partial charge < -0.3 is 10.5 Å². The first-order valence-electron chi connectivity index (χ1n) is 6.88. The minimum absolute atomic E-state index is 0.160. The van der Waals surface area contributed by atoms with Gasteiger partial charge in [0, 0.05) is 19.2 Å². The van der Waals surface area contributed by atoms with Gasteiger partial charge in [-0.15, -0.1) is 0 Å². The molecule has 0 bridgehead atoms. The molecule has 0 aliphatic carbocycles. The molecule has 1 aromatic rings. The van der Waals surface area contributed by atoms with E-state index in [2.05, 4.69) is 4.72 Å². The summed E-state index contributed by atoms with van der Waals surface area (Å²) in [6, 6.07) is 3.62. The van der Waals surface area contributed by atoms with Crippen molar-refractivity contribution in [3.63, 3.8) is 0 Å². The third-order valence-electron chi connectivity index (χ3n) is 3.54. The second-order valence-corrected chi connectivity index (χ2v) is 7.57. The lowest BCUT2D eigenvalue weighted by Gasteiger charge is -2.35. The van der Waals surface area contributed by atoms with Crippen molar-refractivity contribution >= 4 is 10.0 Å². The summed E-state index contributed by atoms with van der Waals surface area (Å²) in [5.41, 5.74) is 5.67. The van der Waals surface area contributed by atoms with E-state index in [9.17, 15) is 12.8 Å². The highest BCUT2D eigenvalue weighted by Crippen LogP contribution is 2.25. The molecule has 1 aliphatic heterocycles. The molecule has 0 amide bonds. The lowest BCUT2D eigenvalue weighted by molar-refractivity contribution is -0.0599. The van der Waals surface area contributed by atoms with Crippen molar-refractivity contribution in [3.8, 4) is 0 Å². The van der Waals surface area contributed by atoms with Crippen LogP contribution >= 0.6 is 0 Å². The molecule has 3 N–H and O–H groups in total. The van der Waals surface area contributed by atoms with E-state index >= 15 is 0 Å². The first-order chi connectivity index (χ1) is 9.73. The molecule has 1 fully saturated rings. The van der Waals surface area contributed by atoms with Crippen LogP contribution in [0.2, 0.25) is 0 Å². The summed E-state index contributed by atoms with van der Waals surface area (Å²) in [4.78, 5) is -0.352. The van der Waals surface area contributed by atoms with Gasteiger partial charge in [-0.25, -0.2) is 17.5 Å². The molecule has 1 aromatic carbocycles. The molecule has 0 spiro atoms. The van der Waals surface area contributed by atoms with Gasteiger partial charge in [-0.3, -0.25) is 0 Å². The molecule has 21 heavy (non-hydrogen) atoms. The molecule has 0 radical (unpaired) electrons. The van der Waals surface area contributed by atoms with Crippen molar-refractivity contribution in [3.05, 3.63) is 29.6 Å². The molecule has 2 rings (SSSR count). The zero-order chi connectivity index (χ0) is 15.7. The van der Waals surface area contributed by atoms with Crippen LogP contribution in [-0.2, 0) is 21.3 Å². The second kappa shape index (κ2) is 6.00. The molecule has 0 aromatic heterocycles. The van der Waals surface area contributed by atoms with Crippen molar-refractivity contribution in [1.29, 1.82) is 0 Å². The van der Waals surface area contributed by atoms with E-state index in [4.69, 9.17) is 10.5 Å². The van der Waals surface area contributed by atoms with Crippen LogP contribution in [0.25, 0.3) is 0 Å². The van der Waals surface area contributed by atoms with Crippen molar-refractivity contribution < 1.29 is 17.5 Å². The molecule has 1 atom stereocenters. The number of sulfonamides is 1. The van der Waals surface area contributed by atoms with E-state index in [1.165, 1.54) is 12.1 Å². The summed E-state index contributed by atoms with van der Waals surface area (Å²) in [5.74, 6) is -0.772. The largest absolute Gasteiger partial charge is 0.375 e. The zero-order valence-corrected chi connectivity index (χ0v) is 13.0. The third-order valence-corrected chi connectivity index (χ3v) is 5.08. The Balaban J connectivity index is 2.22. The van der Waals surface area contributed by atoms with E-state index < -0.39 is 15.8 Å². The van der Waals surface area contributed by atoms with E-state index in [1.807, 2.05) is 13.8 Å². The van der Waals surface area contributed by atoms with Crippen molar-refractivity contribution in [2.75, 3.05) is 6.61 Å². The van der Waals surface area contributed by atoms with Crippen LogP contribution in [0.1, 0.15) is 32.3 Å². The quantitative estimate of drug-likeness (QED) is 0.882. The fraction of sp³-hybridized carbons (Fsp3) is 0.571. The lowest BCUT2D eigenvalue weighted by Crippen LogP contribution is -2.45. The Morgan fingerprint density at radius 3 is 2.81 bits per heavy atom. The topological polar surface area (TPSA) is 81.4 Å². The maximum absolute atomic E-state index is 13.8. The van der Waals surface area contributed by atoms with E-state index in [0.29, 0.717) is 25.0 Å². The Labute approximate surface area is 124 Å². The standard InChI is InChI=1S/C14H21FN2O3S/c1-14(2)8-11(5-6-20-14)17-21(18,19)13-7-10(9-16)3-4-12(13)15/h3-4,7,11,17H,5-6,8-9,16H2,1-2H3. The normalized spacial score (nSPS) is 22.2. The molecule has 5 nitrogen and oxygen atoms in total.